The lowest BCUT2D eigenvalue weighted by molar-refractivity contribution is -0.124. The molecule has 0 fully saturated rings. The van der Waals surface area contributed by atoms with Gasteiger partial charge in [0.1, 0.15) is 5.78 Å². The Morgan fingerprint density at radius 1 is 1.45 bits per heavy atom. The predicted octanol–water partition coefficient (Wildman–Crippen LogP) is 1.88. The van der Waals surface area contributed by atoms with Crippen molar-refractivity contribution in [2.24, 2.45) is 5.41 Å². The molecule has 2 nitrogen and oxygen atoms in total. The smallest absolute Gasteiger partial charge is 0.212 e. The second-order valence-electron chi connectivity index (χ2n) is 3.25. The summed E-state index contributed by atoms with van der Waals surface area (Å²) in [6.07, 6.45) is 4.10. The zero-order valence-electron chi connectivity index (χ0n) is 7.44. The maximum Gasteiger partial charge on any atom is 0.212 e. The number of hydrogen-bond donors (Lipinski definition) is 0. The highest BCUT2D eigenvalue weighted by Gasteiger charge is 2.26. The molecule has 0 aliphatic carbocycles. The minimum Gasteiger partial charge on any atom is -0.299 e. The summed E-state index contributed by atoms with van der Waals surface area (Å²) >= 11 is 0. The van der Waals surface area contributed by atoms with Gasteiger partial charge in [-0.05, 0) is 20.3 Å². The third kappa shape index (κ3) is 3.30. The molecule has 0 saturated carbocycles. The van der Waals surface area contributed by atoms with Crippen LogP contribution < -0.4 is 0 Å². The van der Waals surface area contributed by atoms with E-state index in [1.54, 1.807) is 20.1 Å². The van der Waals surface area contributed by atoms with Gasteiger partial charge in [-0.25, -0.2) is 0 Å². The van der Waals surface area contributed by atoms with Crippen LogP contribution in [0.1, 0.15) is 40.0 Å². The van der Waals surface area contributed by atoms with Crippen molar-refractivity contribution in [2.75, 3.05) is 0 Å². The van der Waals surface area contributed by atoms with E-state index < -0.39 is 5.41 Å². The number of carbonyl (C=O) groups is 1. The van der Waals surface area contributed by atoms with E-state index in [2.05, 4.69) is 0 Å². The lowest BCUT2D eigenvalue weighted by Crippen LogP contribution is -2.25. The van der Waals surface area contributed by atoms with Crippen LogP contribution in [0.2, 0.25) is 0 Å². The fourth-order valence-electron chi connectivity index (χ4n) is 0.707. The first-order chi connectivity index (χ1) is 5.04. The Morgan fingerprint density at radius 2 is 2.00 bits per heavy atom. The molecule has 0 aliphatic rings. The van der Waals surface area contributed by atoms with Crippen molar-refractivity contribution in [3.8, 4) is 0 Å². The standard InChI is InChI=1S/C9H15O2/c1-4-5-6-8(11)9(2,3)7-10/h4-6H2,1-3H3. The van der Waals surface area contributed by atoms with Crippen LogP contribution in [0.5, 0.6) is 0 Å². The molecule has 63 valence electrons. The van der Waals surface area contributed by atoms with Crippen molar-refractivity contribution >= 4 is 12.1 Å². The fraction of sp³-hybridized carbons (Fsp3) is 0.778. The van der Waals surface area contributed by atoms with Crippen LogP contribution in [0, 0.1) is 5.41 Å². The summed E-state index contributed by atoms with van der Waals surface area (Å²) in [5.74, 6) is -0.00523. The Balaban J connectivity index is 3.91. The van der Waals surface area contributed by atoms with E-state index in [0.29, 0.717) is 6.42 Å². The number of rotatable bonds is 5. The molecule has 2 heteroatoms. The summed E-state index contributed by atoms with van der Waals surface area (Å²) in [6, 6.07) is 0. The first-order valence-corrected chi connectivity index (χ1v) is 3.97. The lowest BCUT2D eigenvalue weighted by atomic mass is 9.87. The molecule has 0 N–H and O–H groups in total. The van der Waals surface area contributed by atoms with E-state index in [1.165, 1.54) is 0 Å². The number of Topliss-reactive ketones (excluding diaryl/α,β-unsaturated/α-hetero) is 1. The maximum atomic E-state index is 11.2. The molecular formula is C9H15O2. The molecule has 0 aromatic carbocycles. The number of hydrogen-bond acceptors (Lipinski definition) is 2. The Bertz CT molecular complexity index is 148. The van der Waals surface area contributed by atoms with Gasteiger partial charge in [-0.1, -0.05) is 13.3 Å². The zero-order valence-corrected chi connectivity index (χ0v) is 7.44. The third-order valence-electron chi connectivity index (χ3n) is 1.71. The summed E-state index contributed by atoms with van der Waals surface area (Å²) in [5, 5.41) is 0. The van der Waals surface area contributed by atoms with Crippen LogP contribution >= 0.6 is 0 Å². The van der Waals surface area contributed by atoms with E-state index in [1.807, 2.05) is 6.92 Å². The largest absolute Gasteiger partial charge is 0.299 e. The molecular weight excluding hydrogens is 140 g/mol. The molecule has 0 aliphatic heterocycles. The topological polar surface area (TPSA) is 34.1 Å². The quantitative estimate of drug-likeness (QED) is 0.568. The number of ketones is 1. The molecule has 0 rings (SSSR count). The maximum absolute atomic E-state index is 11.2. The first-order valence-electron chi connectivity index (χ1n) is 3.97. The van der Waals surface area contributed by atoms with E-state index in [9.17, 15) is 9.59 Å². The van der Waals surface area contributed by atoms with Crippen molar-refractivity contribution in [3.63, 3.8) is 0 Å². The summed E-state index contributed by atoms with van der Waals surface area (Å²) in [4.78, 5) is 21.5. The van der Waals surface area contributed by atoms with Crippen LogP contribution in [0.25, 0.3) is 0 Å². The van der Waals surface area contributed by atoms with Gasteiger partial charge < -0.3 is 0 Å². The second-order valence-corrected chi connectivity index (χ2v) is 3.25. The normalized spacial score (nSPS) is 11.2. The van der Waals surface area contributed by atoms with Crippen LogP contribution in [0.15, 0.2) is 0 Å². The SMILES string of the molecule is CCCCC(=O)C(C)(C)[C]=O. The average molecular weight is 155 g/mol. The van der Waals surface area contributed by atoms with Crippen LogP contribution in [0.4, 0.5) is 0 Å². The van der Waals surface area contributed by atoms with Gasteiger partial charge in [0.05, 0.1) is 5.41 Å². The highest BCUT2D eigenvalue weighted by atomic mass is 16.1. The van der Waals surface area contributed by atoms with Gasteiger partial charge in [-0.3, -0.25) is 9.59 Å². The minimum atomic E-state index is -0.894. The Hall–Kier alpha value is -0.660. The van der Waals surface area contributed by atoms with Crippen molar-refractivity contribution in [1.29, 1.82) is 0 Å². The van der Waals surface area contributed by atoms with Crippen molar-refractivity contribution in [1.82, 2.24) is 0 Å². The van der Waals surface area contributed by atoms with Gasteiger partial charge in [0.25, 0.3) is 0 Å². The molecule has 0 heterocycles. The molecule has 0 aromatic heterocycles. The van der Waals surface area contributed by atoms with Gasteiger partial charge in [-0.2, -0.15) is 0 Å². The molecule has 0 bridgehead atoms. The molecule has 0 saturated heterocycles. The number of carbonyl (C=O) groups excluding carboxylic acids is 2. The first kappa shape index (κ1) is 10.3. The molecule has 1 radical (unpaired) electrons. The monoisotopic (exact) mass is 155 g/mol. The Labute approximate surface area is 68.0 Å². The van der Waals surface area contributed by atoms with Gasteiger partial charge in [0, 0.05) is 6.42 Å². The second kappa shape index (κ2) is 4.27. The highest BCUT2D eigenvalue weighted by Crippen LogP contribution is 2.16. The fourth-order valence-corrected chi connectivity index (χ4v) is 0.707. The molecule has 0 spiro atoms. The molecule has 0 atom stereocenters. The van der Waals surface area contributed by atoms with Crippen molar-refractivity contribution in [3.05, 3.63) is 0 Å². The third-order valence-corrected chi connectivity index (χ3v) is 1.71. The molecule has 0 aromatic rings. The molecule has 0 unspecified atom stereocenters. The summed E-state index contributed by atoms with van der Waals surface area (Å²) < 4.78 is 0. The van der Waals surface area contributed by atoms with E-state index >= 15 is 0 Å². The van der Waals surface area contributed by atoms with E-state index in [0.717, 1.165) is 12.8 Å². The Kier molecular flexibility index (Phi) is 4.01. The van der Waals surface area contributed by atoms with Gasteiger partial charge in [0.15, 0.2) is 0 Å². The van der Waals surface area contributed by atoms with Crippen LogP contribution in [0.3, 0.4) is 0 Å². The minimum absolute atomic E-state index is 0.00523. The predicted molar refractivity (Wildman–Crippen MR) is 44.0 cm³/mol. The van der Waals surface area contributed by atoms with Gasteiger partial charge in [-0.15, -0.1) is 0 Å². The molecule has 11 heavy (non-hydrogen) atoms. The van der Waals surface area contributed by atoms with Crippen LogP contribution in [-0.2, 0) is 9.59 Å². The van der Waals surface area contributed by atoms with Gasteiger partial charge in [0.2, 0.25) is 6.29 Å². The Morgan fingerprint density at radius 3 is 2.36 bits per heavy atom. The summed E-state index contributed by atoms with van der Waals surface area (Å²) in [6.45, 7) is 5.24. The van der Waals surface area contributed by atoms with Crippen molar-refractivity contribution in [2.45, 2.75) is 40.0 Å². The lowest BCUT2D eigenvalue weighted by Gasteiger charge is -2.12. The van der Waals surface area contributed by atoms with Crippen molar-refractivity contribution < 1.29 is 9.59 Å². The summed E-state index contributed by atoms with van der Waals surface area (Å²) in [7, 11) is 0. The molecule has 0 amide bonds. The zero-order chi connectivity index (χ0) is 8.91. The highest BCUT2D eigenvalue weighted by molar-refractivity contribution is 5.97. The summed E-state index contributed by atoms with van der Waals surface area (Å²) in [5.41, 5.74) is -0.894. The average Bonchev–Trinajstić information content (AvgIpc) is 2.00. The van der Waals surface area contributed by atoms with Crippen LogP contribution in [-0.4, -0.2) is 12.1 Å². The number of unbranched alkanes of at least 4 members (excludes halogenated alkanes) is 1. The van der Waals surface area contributed by atoms with Gasteiger partial charge >= 0.3 is 0 Å². The van der Waals surface area contributed by atoms with E-state index in [-0.39, 0.29) is 5.78 Å². The van der Waals surface area contributed by atoms with E-state index in [4.69, 9.17) is 0 Å².